The second-order valence-electron chi connectivity index (χ2n) is 6.22. The van der Waals surface area contributed by atoms with Crippen molar-refractivity contribution in [2.24, 2.45) is 0 Å². The molecule has 1 aliphatic heterocycles. The molecular formula is C20H18N2O4S. The third-order valence-electron chi connectivity index (χ3n) is 4.33. The highest BCUT2D eigenvalue weighted by atomic mass is 32.1. The number of fused-ring (bicyclic) bond motifs is 1. The molecule has 7 heteroatoms. The van der Waals surface area contributed by atoms with Crippen LogP contribution in [0.15, 0.2) is 53.9 Å². The molecule has 0 bridgehead atoms. The Morgan fingerprint density at radius 1 is 1.19 bits per heavy atom. The van der Waals surface area contributed by atoms with Crippen molar-refractivity contribution in [3.8, 4) is 27.6 Å². The number of hydrogen-bond donors (Lipinski definition) is 2. The van der Waals surface area contributed by atoms with Gasteiger partial charge < -0.3 is 19.8 Å². The van der Waals surface area contributed by atoms with Crippen LogP contribution in [0.1, 0.15) is 0 Å². The van der Waals surface area contributed by atoms with Gasteiger partial charge >= 0.3 is 0 Å². The van der Waals surface area contributed by atoms with Crippen LogP contribution >= 0.6 is 11.3 Å². The van der Waals surface area contributed by atoms with Crippen molar-refractivity contribution in [1.29, 1.82) is 0 Å². The average Bonchev–Trinajstić information content (AvgIpc) is 3.20. The molecule has 0 saturated heterocycles. The van der Waals surface area contributed by atoms with Crippen LogP contribution in [0.2, 0.25) is 0 Å². The largest absolute Gasteiger partial charge is 0.482 e. The molecule has 27 heavy (non-hydrogen) atoms. The Morgan fingerprint density at radius 3 is 2.78 bits per heavy atom. The molecule has 138 valence electrons. The molecule has 1 atom stereocenters. The van der Waals surface area contributed by atoms with E-state index in [1.807, 2.05) is 47.8 Å². The van der Waals surface area contributed by atoms with Crippen molar-refractivity contribution in [3.05, 3.63) is 53.9 Å². The van der Waals surface area contributed by atoms with Crippen LogP contribution in [0.25, 0.3) is 21.8 Å². The van der Waals surface area contributed by atoms with Crippen molar-refractivity contribution in [1.82, 2.24) is 4.98 Å². The minimum Gasteiger partial charge on any atom is -0.482 e. The van der Waals surface area contributed by atoms with Crippen molar-refractivity contribution in [2.75, 3.05) is 24.7 Å². The van der Waals surface area contributed by atoms with Crippen LogP contribution in [0.5, 0.6) is 5.75 Å². The zero-order valence-electron chi connectivity index (χ0n) is 14.4. The Labute approximate surface area is 160 Å². The average molecular weight is 382 g/mol. The number of anilines is 1. The van der Waals surface area contributed by atoms with Gasteiger partial charge in [0.2, 0.25) is 0 Å². The zero-order valence-corrected chi connectivity index (χ0v) is 15.2. The molecule has 1 amide bonds. The fraction of sp³-hybridized carbons (Fsp3) is 0.200. The van der Waals surface area contributed by atoms with Crippen molar-refractivity contribution in [3.63, 3.8) is 0 Å². The normalized spacial score (nSPS) is 14.6. The van der Waals surface area contributed by atoms with Gasteiger partial charge in [0.05, 0.1) is 30.6 Å². The maximum atomic E-state index is 12.2. The highest BCUT2D eigenvalue weighted by molar-refractivity contribution is 7.13. The lowest BCUT2D eigenvalue weighted by molar-refractivity contribution is -0.121. The number of hydrogen-bond acceptors (Lipinski definition) is 6. The molecule has 1 aromatic heterocycles. The van der Waals surface area contributed by atoms with Crippen molar-refractivity contribution >= 4 is 22.9 Å². The number of carbonyl (C=O) groups excluding carboxylic acids is 1. The van der Waals surface area contributed by atoms with E-state index in [2.05, 4.69) is 0 Å². The van der Waals surface area contributed by atoms with E-state index in [1.54, 1.807) is 17.4 Å². The Kier molecular flexibility index (Phi) is 4.89. The molecule has 0 saturated carbocycles. The zero-order chi connectivity index (χ0) is 18.8. The van der Waals surface area contributed by atoms with Gasteiger partial charge in [-0.05, 0) is 18.2 Å². The topological polar surface area (TPSA) is 82.9 Å². The van der Waals surface area contributed by atoms with Crippen LogP contribution in [-0.4, -0.2) is 47.0 Å². The van der Waals surface area contributed by atoms with Gasteiger partial charge in [0.15, 0.2) is 6.61 Å². The van der Waals surface area contributed by atoms with Gasteiger partial charge in [0.1, 0.15) is 10.8 Å². The minimum absolute atomic E-state index is 0.0154. The van der Waals surface area contributed by atoms with Gasteiger partial charge in [-0.25, -0.2) is 4.98 Å². The monoisotopic (exact) mass is 382 g/mol. The molecule has 1 unspecified atom stereocenters. The van der Waals surface area contributed by atoms with E-state index >= 15 is 0 Å². The number of aliphatic hydroxyl groups excluding tert-OH is 2. The van der Waals surface area contributed by atoms with E-state index < -0.39 is 12.7 Å². The highest BCUT2D eigenvalue weighted by Crippen LogP contribution is 2.37. The molecule has 2 heterocycles. The second kappa shape index (κ2) is 7.48. The molecule has 4 rings (SSSR count). The summed E-state index contributed by atoms with van der Waals surface area (Å²) >= 11 is 1.55. The van der Waals surface area contributed by atoms with Crippen molar-refractivity contribution in [2.45, 2.75) is 6.10 Å². The van der Waals surface area contributed by atoms with Crippen LogP contribution in [0.3, 0.4) is 0 Å². The summed E-state index contributed by atoms with van der Waals surface area (Å²) in [6.07, 6.45) is -1.01. The van der Waals surface area contributed by atoms with E-state index in [0.29, 0.717) is 11.4 Å². The molecule has 2 N–H and O–H groups in total. The predicted molar refractivity (Wildman–Crippen MR) is 104 cm³/mol. The van der Waals surface area contributed by atoms with Gasteiger partial charge in [-0.1, -0.05) is 30.3 Å². The third kappa shape index (κ3) is 3.57. The molecule has 1 aliphatic rings. The first kappa shape index (κ1) is 17.7. The van der Waals surface area contributed by atoms with Gasteiger partial charge in [-0.3, -0.25) is 4.79 Å². The first-order chi connectivity index (χ1) is 13.2. The lowest BCUT2D eigenvalue weighted by Crippen LogP contribution is -2.44. The predicted octanol–water partition coefficient (Wildman–Crippen LogP) is 2.56. The number of nitrogens with zero attached hydrogens (tertiary/aromatic N) is 2. The Morgan fingerprint density at radius 2 is 2.00 bits per heavy atom. The number of thiazole rings is 1. The summed E-state index contributed by atoms with van der Waals surface area (Å²) in [7, 11) is 0. The molecule has 0 aliphatic carbocycles. The molecule has 0 spiro atoms. The van der Waals surface area contributed by atoms with E-state index in [1.165, 1.54) is 4.90 Å². The quantitative estimate of drug-likeness (QED) is 0.709. The summed E-state index contributed by atoms with van der Waals surface area (Å²) in [5, 5.41) is 21.8. The van der Waals surface area contributed by atoms with Crippen LogP contribution in [-0.2, 0) is 4.79 Å². The third-order valence-corrected chi connectivity index (χ3v) is 5.22. The summed E-state index contributed by atoms with van der Waals surface area (Å²) in [4.78, 5) is 18.4. The summed E-state index contributed by atoms with van der Waals surface area (Å²) < 4.78 is 5.49. The number of carbonyl (C=O) groups is 1. The smallest absolute Gasteiger partial charge is 0.265 e. The number of aliphatic hydroxyl groups is 2. The number of amides is 1. The molecule has 2 aromatic carbocycles. The number of aromatic nitrogens is 1. The molecule has 0 fully saturated rings. The van der Waals surface area contributed by atoms with Gasteiger partial charge in [0, 0.05) is 16.5 Å². The summed E-state index contributed by atoms with van der Waals surface area (Å²) in [6, 6.07) is 15.5. The fourth-order valence-electron chi connectivity index (χ4n) is 2.95. The molecule has 6 nitrogen and oxygen atoms in total. The Bertz CT molecular complexity index is 958. The SMILES string of the molecule is O=C1COc2ccc(-c3csc(-c4ccccc4)n3)cc2N1CC(O)CO. The Balaban J connectivity index is 1.68. The number of benzene rings is 2. The van der Waals surface area contributed by atoms with Gasteiger partial charge in [-0.2, -0.15) is 0 Å². The Hall–Kier alpha value is -2.74. The summed E-state index contributed by atoms with van der Waals surface area (Å²) in [5.41, 5.74) is 3.29. The van der Waals surface area contributed by atoms with E-state index in [-0.39, 0.29) is 19.1 Å². The second-order valence-corrected chi connectivity index (χ2v) is 7.07. The van der Waals surface area contributed by atoms with Crippen LogP contribution < -0.4 is 9.64 Å². The molecular weight excluding hydrogens is 364 g/mol. The first-order valence-corrected chi connectivity index (χ1v) is 9.41. The highest BCUT2D eigenvalue weighted by Gasteiger charge is 2.27. The first-order valence-electron chi connectivity index (χ1n) is 8.53. The molecule has 0 radical (unpaired) electrons. The standard InChI is InChI=1S/C20H18N2O4S/c23-10-15(24)9-22-17-8-14(6-7-18(17)26-11-19(22)25)16-12-27-20(21-16)13-4-2-1-3-5-13/h1-8,12,15,23-24H,9-11H2. The number of rotatable bonds is 5. The van der Waals surface area contributed by atoms with E-state index in [4.69, 9.17) is 14.8 Å². The molecule has 3 aromatic rings. The maximum Gasteiger partial charge on any atom is 0.265 e. The van der Waals surface area contributed by atoms with Crippen LogP contribution in [0, 0.1) is 0 Å². The number of β-amino-alcohol motifs (C(OH)–C–C–N with tert-alkyl or cyclic N) is 1. The van der Waals surface area contributed by atoms with Gasteiger partial charge in [0.25, 0.3) is 5.91 Å². The fourth-order valence-corrected chi connectivity index (χ4v) is 3.79. The van der Waals surface area contributed by atoms with Gasteiger partial charge in [-0.15, -0.1) is 11.3 Å². The lowest BCUT2D eigenvalue weighted by Gasteiger charge is -2.30. The van der Waals surface area contributed by atoms with E-state index in [9.17, 15) is 9.90 Å². The number of ether oxygens (including phenoxy) is 1. The van der Waals surface area contributed by atoms with E-state index in [0.717, 1.165) is 21.8 Å². The van der Waals surface area contributed by atoms with Crippen molar-refractivity contribution < 1.29 is 19.7 Å². The maximum absolute atomic E-state index is 12.2. The van der Waals surface area contributed by atoms with Crippen LogP contribution in [0.4, 0.5) is 5.69 Å². The summed E-state index contributed by atoms with van der Waals surface area (Å²) in [5.74, 6) is 0.317. The minimum atomic E-state index is -1.01. The lowest BCUT2D eigenvalue weighted by atomic mass is 10.1. The summed E-state index contributed by atoms with van der Waals surface area (Å²) in [6.45, 7) is -0.479.